The van der Waals surface area contributed by atoms with E-state index in [9.17, 15) is 23.7 Å². The summed E-state index contributed by atoms with van der Waals surface area (Å²) in [5.41, 5.74) is 0.406. The van der Waals surface area contributed by atoms with Crippen molar-refractivity contribution >= 4 is 44.4 Å². The Kier molecular flexibility index (Phi) is 7.02. The van der Waals surface area contributed by atoms with E-state index in [1.165, 1.54) is 41.3 Å². The van der Waals surface area contributed by atoms with Crippen molar-refractivity contribution in [1.29, 1.82) is 0 Å². The van der Waals surface area contributed by atoms with Gasteiger partial charge in [0.15, 0.2) is 10.9 Å². The number of non-ortho nitro benzene ring substituents is 1. The van der Waals surface area contributed by atoms with Crippen LogP contribution in [0.3, 0.4) is 0 Å². The number of amides is 1. The van der Waals surface area contributed by atoms with Gasteiger partial charge in [0.25, 0.3) is 11.6 Å². The molecule has 3 aromatic rings. The summed E-state index contributed by atoms with van der Waals surface area (Å²) in [6.07, 6.45) is 2.77. The van der Waals surface area contributed by atoms with Crippen molar-refractivity contribution in [2.45, 2.75) is 0 Å². The standard InChI is InChI=1S/C22H20F2N4O4S/c23-16-13-18(24)21-19(14-16)33-22(25-21)27(7-6-26-8-10-32-11-9-26)20(29)5-4-15-2-1-3-17(12-15)28(30)31/h1-5,12-14H,6-11H2/b5-4+. The number of rotatable bonds is 7. The molecule has 0 spiro atoms. The molecule has 0 saturated carbocycles. The van der Waals surface area contributed by atoms with Crippen LogP contribution in [0.4, 0.5) is 19.6 Å². The van der Waals surface area contributed by atoms with Crippen LogP contribution in [-0.4, -0.2) is 60.1 Å². The molecule has 11 heteroatoms. The zero-order chi connectivity index (χ0) is 23.4. The number of nitro benzene ring substituents is 1. The predicted octanol–water partition coefficient (Wildman–Crippen LogP) is 3.86. The monoisotopic (exact) mass is 474 g/mol. The third-order valence-corrected chi connectivity index (χ3v) is 6.17. The predicted molar refractivity (Wildman–Crippen MR) is 121 cm³/mol. The van der Waals surface area contributed by atoms with Crippen LogP contribution in [0.5, 0.6) is 0 Å². The Morgan fingerprint density at radius 1 is 1.27 bits per heavy atom. The molecule has 0 unspecified atom stereocenters. The average molecular weight is 474 g/mol. The van der Waals surface area contributed by atoms with Crippen LogP contribution in [-0.2, 0) is 9.53 Å². The molecule has 2 heterocycles. The maximum absolute atomic E-state index is 14.2. The molecule has 1 aliphatic heterocycles. The van der Waals surface area contributed by atoms with Gasteiger partial charge in [-0.3, -0.25) is 24.7 Å². The summed E-state index contributed by atoms with van der Waals surface area (Å²) in [6, 6.07) is 7.84. The molecule has 2 aromatic carbocycles. The summed E-state index contributed by atoms with van der Waals surface area (Å²) in [5.74, 6) is -1.93. The highest BCUT2D eigenvalue weighted by molar-refractivity contribution is 7.22. The minimum Gasteiger partial charge on any atom is -0.379 e. The topological polar surface area (TPSA) is 88.8 Å². The number of ether oxygens (including phenoxy) is 1. The Labute approximate surface area is 191 Å². The molecule has 0 radical (unpaired) electrons. The molecule has 0 atom stereocenters. The number of fused-ring (bicyclic) bond motifs is 1. The lowest BCUT2D eigenvalue weighted by Gasteiger charge is -2.28. The second-order valence-corrected chi connectivity index (χ2v) is 8.37. The van der Waals surface area contributed by atoms with Gasteiger partial charge in [-0.2, -0.15) is 0 Å². The summed E-state index contributed by atoms with van der Waals surface area (Å²) in [6.45, 7) is 3.49. The van der Waals surface area contributed by atoms with Crippen molar-refractivity contribution in [3.63, 3.8) is 0 Å². The average Bonchev–Trinajstić information content (AvgIpc) is 3.22. The Morgan fingerprint density at radius 3 is 2.82 bits per heavy atom. The minimum absolute atomic E-state index is 0.00300. The summed E-state index contributed by atoms with van der Waals surface area (Å²) in [5, 5.41) is 11.2. The van der Waals surface area contributed by atoms with Gasteiger partial charge in [-0.05, 0) is 17.7 Å². The van der Waals surface area contributed by atoms with Gasteiger partial charge in [0.05, 0.1) is 22.8 Å². The van der Waals surface area contributed by atoms with E-state index in [0.29, 0.717) is 30.0 Å². The molecular weight excluding hydrogens is 454 g/mol. The first kappa shape index (κ1) is 22.9. The molecule has 33 heavy (non-hydrogen) atoms. The van der Waals surface area contributed by atoms with Crippen LogP contribution in [0.25, 0.3) is 16.3 Å². The second-order valence-electron chi connectivity index (χ2n) is 7.36. The van der Waals surface area contributed by atoms with Crippen molar-refractivity contribution in [3.05, 3.63) is 69.8 Å². The highest BCUT2D eigenvalue weighted by Crippen LogP contribution is 2.31. The maximum Gasteiger partial charge on any atom is 0.270 e. The number of morpholine rings is 1. The number of carbonyl (C=O) groups is 1. The maximum atomic E-state index is 14.2. The lowest BCUT2D eigenvalue weighted by atomic mass is 10.2. The van der Waals surface area contributed by atoms with E-state index in [0.717, 1.165) is 30.5 Å². The number of aromatic nitrogens is 1. The largest absolute Gasteiger partial charge is 0.379 e. The lowest BCUT2D eigenvalue weighted by molar-refractivity contribution is -0.384. The third kappa shape index (κ3) is 5.56. The van der Waals surface area contributed by atoms with Gasteiger partial charge in [-0.15, -0.1) is 0 Å². The molecular formula is C22H20F2N4O4S. The lowest BCUT2D eigenvalue weighted by Crippen LogP contribution is -2.42. The van der Waals surface area contributed by atoms with Crippen molar-refractivity contribution in [2.24, 2.45) is 0 Å². The highest BCUT2D eigenvalue weighted by atomic mass is 32.1. The molecule has 172 valence electrons. The van der Waals surface area contributed by atoms with Crippen molar-refractivity contribution in [3.8, 4) is 0 Å². The van der Waals surface area contributed by atoms with Gasteiger partial charge >= 0.3 is 0 Å². The molecule has 1 fully saturated rings. The van der Waals surface area contributed by atoms with Crippen LogP contribution in [0.15, 0.2) is 42.5 Å². The quantitative estimate of drug-likeness (QED) is 0.294. The first-order valence-electron chi connectivity index (χ1n) is 10.2. The fraction of sp³-hybridized carbons (Fsp3) is 0.273. The second kappa shape index (κ2) is 10.1. The molecule has 8 nitrogen and oxygen atoms in total. The zero-order valence-electron chi connectivity index (χ0n) is 17.4. The molecule has 1 saturated heterocycles. The summed E-state index contributed by atoms with van der Waals surface area (Å²) in [4.78, 5) is 31.4. The van der Waals surface area contributed by atoms with E-state index in [1.807, 2.05) is 0 Å². The van der Waals surface area contributed by atoms with E-state index in [-0.39, 0.29) is 22.9 Å². The zero-order valence-corrected chi connectivity index (χ0v) is 18.3. The normalized spacial score (nSPS) is 14.7. The van der Waals surface area contributed by atoms with Crippen LogP contribution >= 0.6 is 11.3 Å². The number of carbonyl (C=O) groups excluding carboxylic acids is 1. The van der Waals surface area contributed by atoms with Gasteiger partial charge < -0.3 is 4.74 Å². The van der Waals surface area contributed by atoms with Gasteiger partial charge in [-0.25, -0.2) is 13.8 Å². The smallest absolute Gasteiger partial charge is 0.270 e. The van der Waals surface area contributed by atoms with Crippen LogP contribution in [0.2, 0.25) is 0 Å². The fourth-order valence-corrected chi connectivity index (χ4v) is 4.46. The molecule has 1 aromatic heterocycles. The number of halogens is 2. The fourth-order valence-electron chi connectivity index (χ4n) is 3.43. The Morgan fingerprint density at radius 2 is 2.06 bits per heavy atom. The Balaban J connectivity index is 1.60. The molecule has 1 amide bonds. The van der Waals surface area contributed by atoms with E-state index in [4.69, 9.17) is 4.74 Å². The highest BCUT2D eigenvalue weighted by Gasteiger charge is 2.21. The van der Waals surface area contributed by atoms with Crippen LogP contribution in [0.1, 0.15) is 5.56 Å². The van der Waals surface area contributed by atoms with E-state index in [2.05, 4.69) is 9.88 Å². The van der Waals surface area contributed by atoms with Gasteiger partial charge in [0.1, 0.15) is 11.3 Å². The number of nitrogens with zero attached hydrogens (tertiary/aromatic N) is 4. The Hall–Kier alpha value is -3.28. The Bertz CT molecular complexity index is 1210. The summed E-state index contributed by atoms with van der Waals surface area (Å²) in [7, 11) is 0. The minimum atomic E-state index is -0.791. The van der Waals surface area contributed by atoms with Gasteiger partial charge in [-0.1, -0.05) is 23.5 Å². The van der Waals surface area contributed by atoms with Crippen molar-refractivity contribution in [2.75, 3.05) is 44.3 Å². The number of benzene rings is 2. The van der Waals surface area contributed by atoms with Gasteiger partial charge in [0.2, 0.25) is 0 Å². The van der Waals surface area contributed by atoms with Crippen LogP contribution in [0, 0.1) is 21.7 Å². The molecule has 1 aliphatic rings. The number of nitro groups is 1. The van der Waals surface area contributed by atoms with E-state index < -0.39 is 22.5 Å². The van der Waals surface area contributed by atoms with E-state index in [1.54, 1.807) is 6.07 Å². The number of anilines is 1. The van der Waals surface area contributed by atoms with Crippen LogP contribution < -0.4 is 4.90 Å². The summed E-state index contributed by atoms with van der Waals surface area (Å²) < 4.78 is 33.5. The molecule has 0 N–H and O–H groups in total. The number of hydrogen-bond acceptors (Lipinski definition) is 7. The third-order valence-electron chi connectivity index (χ3n) is 5.14. The van der Waals surface area contributed by atoms with E-state index >= 15 is 0 Å². The SMILES string of the molecule is O=C(/C=C/c1cccc([N+](=O)[O-])c1)N(CCN1CCOCC1)c1nc2c(F)cc(F)cc2s1. The molecule has 0 aliphatic carbocycles. The number of hydrogen-bond donors (Lipinski definition) is 0. The first-order valence-corrected chi connectivity index (χ1v) is 11.0. The summed E-state index contributed by atoms with van der Waals surface area (Å²) >= 11 is 1.02. The molecule has 4 rings (SSSR count). The first-order chi connectivity index (χ1) is 15.9. The molecule has 0 bridgehead atoms. The van der Waals surface area contributed by atoms with Crippen molar-refractivity contribution in [1.82, 2.24) is 9.88 Å². The van der Waals surface area contributed by atoms with Crippen molar-refractivity contribution < 1.29 is 23.2 Å². The number of thiazole rings is 1. The van der Waals surface area contributed by atoms with Gasteiger partial charge in [0, 0.05) is 50.5 Å².